The van der Waals surface area contributed by atoms with Gasteiger partial charge in [0.25, 0.3) is 11.8 Å². The molecule has 1 N–H and O–H groups in total. The predicted octanol–water partition coefficient (Wildman–Crippen LogP) is 2.02. The number of esters is 1. The number of benzene rings is 1. The van der Waals surface area contributed by atoms with Crippen molar-refractivity contribution in [2.24, 2.45) is 0 Å². The third kappa shape index (κ3) is 5.32. The van der Waals surface area contributed by atoms with E-state index in [1.54, 1.807) is 67.6 Å². The fraction of sp³-hybridized carbons (Fsp3) is 0.200. The minimum atomic E-state index is -0.737. The summed E-state index contributed by atoms with van der Waals surface area (Å²) in [7, 11) is 3.32. The monoisotopic (exact) mass is 396 g/mol. The van der Waals surface area contributed by atoms with Crippen LogP contribution in [0.2, 0.25) is 0 Å². The summed E-state index contributed by atoms with van der Waals surface area (Å²) >= 11 is 0. The zero-order valence-corrected chi connectivity index (χ0v) is 16.0. The lowest BCUT2D eigenvalue weighted by Crippen LogP contribution is -2.22. The summed E-state index contributed by atoms with van der Waals surface area (Å²) in [5.74, 6) is -0.835. The molecular formula is C20H20N4O5. The van der Waals surface area contributed by atoms with Crippen LogP contribution in [0.1, 0.15) is 26.7 Å². The van der Waals surface area contributed by atoms with Gasteiger partial charge < -0.3 is 19.4 Å². The van der Waals surface area contributed by atoms with Crippen molar-refractivity contribution in [2.45, 2.75) is 6.54 Å². The summed E-state index contributed by atoms with van der Waals surface area (Å²) in [6, 6.07) is 11.3. The summed E-state index contributed by atoms with van der Waals surface area (Å²) in [6.45, 7) is -0.0838. The summed E-state index contributed by atoms with van der Waals surface area (Å²) < 4.78 is 12.0. The Labute approximate surface area is 166 Å². The Morgan fingerprint density at radius 1 is 1.14 bits per heavy atom. The summed E-state index contributed by atoms with van der Waals surface area (Å²) in [5.41, 5.74) is 0.990. The largest absolute Gasteiger partial charge is 0.452 e. The smallest absolute Gasteiger partial charge is 0.374 e. The summed E-state index contributed by atoms with van der Waals surface area (Å²) in [6.07, 6.45) is 3.41. The highest BCUT2D eigenvalue weighted by molar-refractivity contribution is 5.96. The minimum Gasteiger partial charge on any atom is -0.452 e. The fourth-order valence-corrected chi connectivity index (χ4v) is 2.48. The third-order valence-corrected chi connectivity index (χ3v) is 3.90. The van der Waals surface area contributed by atoms with E-state index in [0.717, 1.165) is 0 Å². The maximum absolute atomic E-state index is 12.0. The molecule has 0 saturated heterocycles. The van der Waals surface area contributed by atoms with Gasteiger partial charge in [-0.2, -0.15) is 5.10 Å². The lowest BCUT2D eigenvalue weighted by molar-refractivity contribution is -0.119. The molecular weight excluding hydrogens is 376 g/mol. The SMILES string of the molecule is CN(C)C(=O)c1ccc(NC(=O)COC(=O)c2ccc(Cn3cccn3)o2)cc1. The van der Waals surface area contributed by atoms with Gasteiger partial charge >= 0.3 is 5.97 Å². The second kappa shape index (κ2) is 8.87. The van der Waals surface area contributed by atoms with Gasteiger partial charge in [0.05, 0.1) is 6.54 Å². The average molecular weight is 396 g/mol. The second-order valence-electron chi connectivity index (χ2n) is 6.37. The Morgan fingerprint density at radius 2 is 1.90 bits per heavy atom. The number of aromatic nitrogens is 2. The quantitative estimate of drug-likeness (QED) is 0.613. The molecule has 0 atom stereocenters. The number of rotatable bonds is 7. The first-order valence-electron chi connectivity index (χ1n) is 8.77. The van der Waals surface area contributed by atoms with Crippen LogP contribution in [0.5, 0.6) is 0 Å². The summed E-state index contributed by atoms with van der Waals surface area (Å²) in [4.78, 5) is 37.3. The molecule has 0 fully saturated rings. The zero-order chi connectivity index (χ0) is 20.8. The van der Waals surface area contributed by atoms with Crippen molar-refractivity contribution >= 4 is 23.5 Å². The molecule has 2 heterocycles. The molecule has 0 aliphatic carbocycles. The molecule has 2 aromatic heterocycles. The number of hydrogen-bond acceptors (Lipinski definition) is 6. The number of hydrogen-bond donors (Lipinski definition) is 1. The lowest BCUT2D eigenvalue weighted by Gasteiger charge is -2.11. The molecule has 9 nitrogen and oxygen atoms in total. The summed E-state index contributed by atoms with van der Waals surface area (Å²) in [5, 5.41) is 6.65. The van der Waals surface area contributed by atoms with Crippen LogP contribution in [0.4, 0.5) is 5.69 Å². The van der Waals surface area contributed by atoms with E-state index >= 15 is 0 Å². The molecule has 1 aromatic carbocycles. The molecule has 3 aromatic rings. The van der Waals surface area contributed by atoms with Crippen molar-refractivity contribution in [3.8, 4) is 0 Å². The number of amides is 2. The van der Waals surface area contributed by atoms with Crippen LogP contribution in [0.15, 0.2) is 59.3 Å². The van der Waals surface area contributed by atoms with E-state index in [1.807, 2.05) is 0 Å². The van der Waals surface area contributed by atoms with Gasteiger partial charge in [-0.15, -0.1) is 0 Å². The normalized spacial score (nSPS) is 10.4. The van der Waals surface area contributed by atoms with Gasteiger partial charge in [0.2, 0.25) is 5.76 Å². The number of anilines is 1. The Morgan fingerprint density at radius 3 is 2.55 bits per heavy atom. The highest BCUT2D eigenvalue weighted by Gasteiger charge is 2.15. The van der Waals surface area contributed by atoms with Crippen molar-refractivity contribution in [3.05, 3.63) is 71.9 Å². The first-order chi connectivity index (χ1) is 13.9. The molecule has 0 unspecified atom stereocenters. The van der Waals surface area contributed by atoms with E-state index in [4.69, 9.17) is 9.15 Å². The van der Waals surface area contributed by atoms with Gasteiger partial charge in [-0.05, 0) is 42.5 Å². The van der Waals surface area contributed by atoms with Gasteiger partial charge in [0.1, 0.15) is 5.76 Å². The van der Waals surface area contributed by atoms with Crippen LogP contribution in [-0.4, -0.2) is 53.2 Å². The van der Waals surface area contributed by atoms with Crippen molar-refractivity contribution < 1.29 is 23.5 Å². The van der Waals surface area contributed by atoms with Crippen molar-refractivity contribution in [3.63, 3.8) is 0 Å². The molecule has 29 heavy (non-hydrogen) atoms. The Kier molecular flexibility index (Phi) is 6.08. The second-order valence-corrected chi connectivity index (χ2v) is 6.37. The first-order valence-corrected chi connectivity index (χ1v) is 8.77. The molecule has 0 aliphatic heterocycles. The zero-order valence-electron chi connectivity index (χ0n) is 16.0. The van der Waals surface area contributed by atoms with Crippen LogP contribution >= 0.6 is 0 Å². The predicted molar refractivity (Wildman–Crippen MR) is 103 cm³/mol. The number of carbonyl (C=O) groups is 3. The van der Waals surface area contributed by atoms with Crippen LogP contribution in [0, 0.1) is 0 Å². The molecule has 3 rings (SSSR count). The maximum atomic E-state index is 12.0. The number of furan rings is 1. The first kappa shape index (κ1) is 19.9. The highest BCUT2D eigenvalue weighted by atomic mass is 16.5. The Bertz CT molecular complexity index is 990. The fourth-order valence-electron chi connectivity index (χ4n) is 2.48. The van der Waals surface area contributed by atoms with Gasteiger partial charge in [0, 0.05) is 37.7 Å². The van der Waals surface area contributed by atoms with E-state index in [2.05, 4.69) is 10.4 Å². The van der Waals surface area contributed by atoms with Crippen LogP contribution in [0.25, 0.3) is 0 Å². The maximum Gasteiger partial charge on any atom is 0.374 e. The van der Waals surface area contributed by atoms with E-state index < -0.39 is 18.5 Å². The molecule has 2 amide bonds. The molecule has 0 spiro atoms. The average Bonchev–Trinajstić information content (AvgIpc) is 3.38. The third-order valence-electron chi connectivity index (χ3n) is 3.90. The van der Waals surface area contributed by atoms with Crippen LogP contribution < -0.4 is 5.32 Å². The molecule has 0 radical (unpaired) electrons. The van der Waals surface area contributed by atoms with Crippen molar-refractivity contribution in [1.29, 1.82) is 0 Å². The van der Waals surface area contributed by atoms with Crippen molar-refractivity contribution in [2.75, 3.05) is 26.0 Å². The Balaban J connectivity index is 1.48. The number of ether oxygens (including phenoxy) is 1. The lowest BCUT2D eigenvalue weighted by atomic mass is 10.2. The van der Waals surface area contributed by atoms with E-state index in [-0.39, 0.29) is 11.7 Å². The molecule has 9 heteroatoms. The van der Waals surface area contributed by atoms with Gasteiger partial charge in [-0.25, -0.2) is 4.79 Å². The van der Waals surface area contributed by atoms with Gasteiger partial charge in [-0.1, -0.05) is 0 Å². The molecule has 150 valence electrons. The Hall–Kier alpha value is -3.88. The molecule has 0 bridgehead atoms. The van der Waals surface area contributed by atoms with E-state index in [9.17, 15) is 14.4 Å². The number of nitrogens with zero attached hydrogens (tertiary/aromatic N) is 3. The standard InChI is InChI=1S/C20H20N4O5/c1-23(2)19(26)14-4-6-15(7-5-14)22-18(25)13-28-20(27)17-9-8-16(29-17)12-24-11-3-10-21-24/h3-11H,12-13H2,1-2H3,(H,22,25). The number of carbonyl (C=O) groups excluding carboxylic acids is 3. The van der Waals surface area contributed by atoms with Crippen LogP contribution in [-0.2, 0) is 16.1 Å². The van der Waals surface area contributed by atoms with E-state index in [0.29, 0.717) is 23.6 Å². The molecule has 0 saturated carbocycles. The van der Waals surface area contributed by atoms with Crippen molar-refractivity contribution in [1.82, 2.24) is 14.7 Å². The van der Waals surface area contributed by atoms with Crippen LogP contribution in [0.3, 0.4) is 0 Å². The van der Waals surface area contributed by atoms with E-state index in [1.165, 1.54) is 11.0 Å². The highest BCUT2D eigenvalue weighted by Crippen LogP contribution is 2.12. The van der Waals surface area contributed by atoms with Gasteiger partial charge in [-0.3, -0.25) is 14.3 Å². The minimum absolute atomic E-state index is 0.00602. The molecule has 0 aliphatic rings. The topological polar surface area (TPSA) is 107 Å². The number of nitrogens with one attached hydrogen (secondary N) is 1. The van der Waals surface area contributed by atoms with Gasteiger partial charge in [0.15, 0.2) is 6.61 Å².